The Morgan fingerprint density at radius 3 is 2.43 bits per heavy atom. The van der Waals surface area contributed by atoms with Gasteiger partial charge in [0.05, 0.1) is 12.7 Å². The van der Waals surface area contributed by atoms with Crippen LogP contribution in [0.4, 0.5) is 13.2 Å². The lowest BCUT2D eigenvalue weighted by Crippen LogP contribution is -2.44. The predicted octanol–water partition coefficient (Wildman–Crippen LogP) is 4.19. The smallest absolute Gasteiger partial charge is 0.416 e. The van der Waals surface area contributed by atoms with Gasteiger partial charge in [0.25, 0.3) is 5.91 Å². The summed E-state index contributed by atoms with van der Waals surface area (Å²) < 4.78 is 49.4. The van der Waals surface area contributed by atoms with Crippen molar-refractivity contribution in [2.45, 2.75) is 24.4 Å². The average Bonchev–Trinajstić information content (AvgIpc) is 2.72. The number of ether oxygens (including phenoxy) is 2. The molecule has 0 atom stereocenters. The molecular weight excluding hydrogens is 371 g/mol. The highest BCUT2D eigenvalue weighted by molar-refractivity contribution is 5.94. The molecule has 1 aliphatic rings. The van der Waals surface area contributed by atoms with Crippen LogP contribution in [0.5, 0.6) is 5.75 Å². The second-order valence-electron chi connectivity index (χ2n) is 6.88. The van der Waals surface area contributed by atoms with Gasteiger partial charge in [0.2, 0.25) is 0 Å². The van der Waals surface area contributed by atoms with Crippen molar-refractivity contribution in [1.82, 2.24) is 5.32 Å². The van der Waals surface area contributed by atoms with Gasteiger partial charge in [0.1, 0.15) is 5.75 Å². The van der Waals surface area contributed by atoms with Crippen LogP contribution in [0.3, 0.4) is 0 Å². The molecule has 0 unspecified atom stereocenters. The number of hydrogen-bond donors (Lipinski definition) is 1. The molecule has 0 radical (unpaired) electrons. The fourth-order valence-corrected chi connectivity index (χ4v) is 3.46. The van der Waals surface area contributed by atoms with Crippen molar-refractivity contribution in [3.63, 3.8) is 0 Å². The first-order chi connectivity index (χ1) is 13.3. The van der Waals surface area contributed by atoms with Crippen molar-refractivity contribution in [3.8, 4) is 5.75 Å². The maximum Gasteiger partial charge on any atom is 0.416 e. The molecule has 150 valence electrons. The van der Waals surface area contributed by atoms with Crippen LogP contribution in [-0.2, 0) is 16.3 Å². The molecule has 28 heavy (non-hydrogen) atoms. The van der Waals surface area contributed by atoms with E-state index in [2.05, 4.69) is 5.32 Å². The minimum Gasteiger partial charge on any atom is -0.497 e. The molecule has 1 heterocycles. The Morgan fingerprint density at radius 1 is 1.14 bits per heavy atom. The molecule has 4 nitrogen and oxygen atoms in total. The summed E-state index contributed by atoms with van der Waals surface area (Å²) in [6.45, 7) is 1.44. The van der Waals surface area contributed by atoms with E-state index in [1.165, 1.54) is 12.1 Å². The lowest BCUT2D eigenvalue weighted by atomic mass is 9.74. The summed E-state index contributed by atoms with van der Waals surface area (Å²) in [6.07, 6.45) is -3.06. The van der Waals surface area contributed by atoms with Crippen molar-refractivity contribution in [1.29, 1.82) is 0 Å². The Labute approximate surface area is 161 Å². The minimum absolute atomic E-state index is 0.00762. The highest BCUT2D eigenvalue weighted by Gasteiger charge is 2.35. The standard InChI is InChI=1S/C21H22F3NO3/c1-27-18-7-5-16(6-8-18)20(9-11-28-12-10-20)14-25-19(26)15-3-2-4-17(13-15)21(22,23)24/h2-8,13H,9-12,14H2,1H3,(H,25,26). The van der Waals surface area contributed by atoms with E-state index in [0.717, 1.165) is 23.4 Å². The molecular formula is C21H22F3NO3. The van der Waals surface area contributed by atoms with Gasteiger partial charge < -0.3 is 14.8 Å². The van der Waals surface area contributed by atoms with Crippen molar-refractivity contribution in [2.24, 2.45) is 0 Å². The van der Waals surface area contributed by atoms with E-state index in [4.69, 9.17) is 9.47 Å². The zero-order chi connectivity index (χ0) is 20.2. The molecule has 2 aromatic rings. The number of carbonyl (C=O) groups is 1. The SMILES string of the molecule is COc1ccc(C2(CNC(=O)c3cccc(C(F)(F)F)c3)CCOCC2)cc1. The number of carbonyl (C=O) groups excluding carboxylic acids is 1. The fraction of sp³-hybridized carbons (Fsp3) is 0.381. The van der Waals surface area contributed by atoms with Crippen LogP contribution in [0.2, 0.25) is 0 Å². The Balaban J connectivity index is 1.78. The summed E-state index contributed by atoms with van der Waals surface area (Å²) in [5, 5.41) is 2.82. The highest BCUT2D eigenvalue weighted by atomic mass is 19.4. The van der Waals surface area contributed by atoms with Gasteiger partial charge in [0.15, 0.2) is 0 Å². The highest BCUT2D eigenvalue weighted by Crippen LogP contribution is 2.35. The molecule has 2 aromatic carbocycles. The lowest BCUT2D eigenvalue weighted by molar-refractivity contribution is -0.137. The van der Waals surface area contributed by atoms with Gasteiger partial charge in [-0.25, -0.2) is 0 Å². The van der Waals surface area contributed by atoms with Crippen molar-refractivity contribution >= 4 is 5.91 Å². The van der Waals surface area contributed by atoms with Crippen LogP contribution in [0.1, 0.15) is 34.3 Å². The Morgan fingerprint density at radius 2 is 1.82 bits per heavy atom. The normalized spacial score (nSPS) is 16.4. The molecule has 1 N–H and O–H groups in total. The zero-order valence-electron chi connectivity index (χ0n) is 15.5. The van der Waals surface area contributed by atoms with Crippen LogP contribution in [0.15, 0.2) is 48.5 Å². The van der Waals surface area contributed by atoms with E-state index >= 15 is 0 Å². The van der Waals surface area contributed by atoms with Crippen LogP contribution in [-0.4, -0.2) is 32.8 Å². The van der Waals surface area contributed by atoms with Crippen LogP contribution in [0.25, 0.3) is 0 Å². The number of hydrogen-bond acceptors (Lipinski definition) is 3. The number of rotatable bonds is 5. The molecule has 0 aromatic heterocycles. The molecule has 3 rings (SSSR count). The monoisotopic (exact) mass is 393 g/mol. The zero-order valence-corrected chi connectivity index (χ0v) is 15.5. The van der Waals surface area contributed by atoms with Crippen molar-refractivity contribution in [3.05, 3.63) is 65.2 Å². The molecule has 0 aliphatic carbocycles. The number of halogens is 3. The van der Waals surface area contributed by atoms with E-state index in [1.807, 2.05) is 24.3 Å². The topological polar surface area (TPSA) is 47.6 Å². The van der Waals surface area contributed by atoms with E-state index in [9.17, 15) is 18.0 Å². The molecule has 1 saturated heterocycles. The molecule has 0 saturated carbocycles. The Hall–Kier alpha value is -2.54. The summed E-state index contributed by atoms with van der Waals surface area (Å²) in [7, 11) is 1.59. The fourth-order valence-electron chi connectivity index (χ4n) is 3.46. The summed E-state index contributed by atoms with van der Waals surface area (Å²) in [5.74, 6) is 0.212. The van der Waals surface area contributed by atoms with Gasteiger partial charge in [0, 0.05) is 30.7 Å². The summed E-state index contributed by atoms with van der Waals surface area (Å²) in [5.41, 5.74) is -0.134. The van der Waals surface area contributed by atoms with Crippen LogP contribution >= 0.6 is 0 Å². The lowest BCUT2D eigenvalue weighted by Gasteiger charge is -2.38. The van der Waals surface area contributed by atoms with Gasteiger partial charge in [-0.1, -0.05) is 18.2 Å². The maximum atomic E-state index is 12.9. The Kier molecular flexibility index (Phi) is 5.93. The van der Waals surface area contributed by atoms with E-state index in [-0.39, 0.29) is 11.0 Å². The van der Waals surface area contributed by atoms with Gasteiger partial charge >= 0.3 is 6.18 Å². The maximum absolute atomic E-state index is 12.9. The number of methoxy groups -OCH3 is 1. The quantitative estimate of drug-likeness (QED) is 0.829. The minimum atomic E-state index is -4.48. The first-order valence-electron chi connectivity index (χ1n) is 9.02. The number of alkyl halides is 3. The summed E-state index contributed by atoms with van der Waals surface area (Å²) in [4.78, 5) is 12.5. The van der Waals surface area contributed by atoms with E-state index in [1.54, 1.807) is 7.11 Å². The molecule has 7 heteroatoms. The van der Waals surface area contributed by atoms with Gasteiger partial charge in [-0.15, -0.1) is 0 Å². The molecule has 1 amide bonds. The molecule has 1 fully saturated rings. The third-order valence-electron chi connectivity index (χ3n) is 5.19. The first-order valence-corrected chi connectivity index (χ1v) is 9.02. The molecule has 1 aliphatic heterocycles. The van der Waals surface area contributed by atoms with Crippen molar-refractivity contribution in [2.75, 3.05) is 26.9 Å². The van der Waals surface area contributed by atoms with Gasteiger partial charge in [-0.3, -0.25) is 4.79 Å². The number of amides is 1. The number of nitrogens with one attached hydrogen (secondary N) is 1. The predicted molar refractivity (Wildman–Crippen MR) is 98.5 cm³/mol. The molecule has 0 spiro atoms. The number of benzene rings is 2. The summed E-state index contributed by atoms with van der Waals surface area (Å²) in [6, 6.07) is 12.1. The van der Waals surface area contributed by atoms with Gasteiger partial charge in [-0.05, 0) is 48.7 Å². The van der Waals surface area contributed by atoms with E-state index in [0.29, 0.717) is 32.6 Å². The van der Waals surface area contributed by atoms with Gasteiger partial charge in [-0.2, -0.15) is 13.2 Å². The third-order valence-corrected chi connectivity index (χ3v) is 5.19. The average molecular weight is 393 g/mol. The summed E-state index contributed by atoms with van der Waals surface area (Å²) >= 11 is 0. The van der Waals surface area contributed by atoms with Crippen LogP contribution < -0.4 is 10.1 Å². The third kappa shape index (κ3) is 4.47. The largest absolute Gasteiger partial charge is 0.497 e. The van der Waals surface area contributed by atoms with Crippen LogP contribution in [0, 0.1) is 0 Å². The Bertz CT molecular complexity index is 812. The van der Waals surface area contributed by atoms with Crippen molar-refractivity contribution < 1.29 is 27.4 Å². The second-order valence-corrected chi connectivity index (χ2v) is 6.88. The second kappa shape index (κ2) is 8.22. The molecule has 0 bridgehead atoms. The first kappa shape index (κ1) is 20.2. The van der Waals surface area contributed by atoms with E-state index < -0.39 is 17.6 Å².